The fourth-order valence-corrected chi connectivity index (χ4v) is 5.73. The minimum Gasteiger partial charge on any atom is -0.494 e. The molecule has 0 N–H and O–H groups in total. The second-order valence-electron chi connectivity index (χ2n) is 13.4. The van der Waals surface area contributed by atoms with Crippen LogP contribution in [0.3, 0.4) is 0 Å². The maximum atomic E-state index is 13.5. The zero-order chi connectivity index (χ0) is 42.4. The molecule has 4 aromatic rings. The Hall–Kier alpha value is -6.89. The number of hydrogen-bond acceptors (Lipinski definition) is 13. The van der Waals surface area contributed by atoms with E-state index in [2.05, 4.69) is 18.2 Å². The summed E-state index contributed by atoms with van der Waals surface area (Å²) in [6.07, 6.45) is 10.6. The highest BCUT2D eigenvalue weighted by atomic mass is 16.6. The zero-order valence-electron chi connectivity index (χ0n) is 33.5. The number of carbonyl (C=O) groups excluding carboxylic acids is 4. The van der Waals surface area contributed by atoms with Crippen molar-refractivity contribution in [1.29, 1.82) is 0 Å². The zero-order valence-corrected chi connectivity index (χ0v) is 33.5. The third-order valence-corrected chi connectivity index (χ3v) is 8.89. The van der Waals surface area contributed by atoms with E-state index in [4.69, 9.17) is 37.9 Å². The quantitative estimate of drug-likeness (QED) is 0.0218. The number of benzene rings is 4. The van der Waals surface area contributed by atoms with Gasteiger partial charge in [0.25, 0.3) is 0 Å². The smallest absolute Gasteiger partial charge is 0.344 e. The molecule has 13 nitrogen and oxygen atoms in total. The molecule has 0 aliphatic carbocycles. The van der Waals surface area contributed by atoms with Gasteiger partial charge in [0, 0.05) is 30.0 Å². The Morgan fingerprint density at radius 3 is 1.67 bits per heavy atom. The predicted molar refractivity (Wildman–Crippen MR) is 224 cm³/mol. The van der Waals surface area contributed by atoms with Gasteiger partial charge in [0.05, 0.1) is 43.2 Å². The van der Waals surface area contributed by atoms with Crippen LogP contribution in [0.4, 0.5) is 5.69 Å². The average molecular weight is 820 g/mol. The minimum absolute atomic E-state index is 0.188. The number of nitrogens with zero attached hydrogens (tertiary/aromatic N) is 1. The molecule has 1 aliphatic rings. The van der Waals surface area contributed by atoms with Gasteiger partial charge in [0.2, 0.25) is 0 Å². The summed E-state index contributed by atoms with van der Waals surface area (Å²) < 4.78 is 44.4. The van der Waals surface area contributed by atoms with Gasteiger partial charge in [-0.15, -0.1) is 0 Å². The summed E-state index contributed by atoms with van der Waals surface area (Å²) in [6.45, 7) is 9.38. The van der Waals surface area contributed by atoms with Gasteiger partial charge in [0.1, 0.15) is 36.2 Å². The van der Waals surface area contributed by atoms with Gasteiger partial charge in [0.15, 0.2) is 11.5 Å². The van der Waals surface area contributed by atoms with Crippen molar-refractivity contribution in [3.8, 4) is 34.5 Å². The molecule has 0 saturated carbocycles. The summed E-state index contributed by atoms with van der Waals surface area (Å²) in [5.74, 6) is 0.845. The van der Waals surface area contributed by atoms with Crippen molar-refractivity contribution in [3.05, 3.63) is 127 Å². The molecule has 0 amide bonds. The highest BCUT2D eigenvalue weighted by Gasteiger charge is 2.17. The van der Waals surface area contributed by atoms with Crippen molar-refractivity contribution >= 4 is 35.8 Å². The molecule has 0 unspecified atom stereocenters. The number of carbonyl (C=O) groups is 4. The highest BCUT2D eigenvalue weighted by Crippen LogP contribution is 2.34. The van der Waals surface area contributed by atoms with Crippen molar-refractivity contribution in [3.63, 3.8) is 0 Å². The Bertz CT molecular complexity index is 2090. The van der Waals surface area contributed by atoms with Gasteiger partial charge in [-0.2, -0.15) is 0 Å². The molecule has 0 saturated heterocycles. The molecular weight excluding hydrogens is 771 g/mol. The van der Waals surface area contributed by atoms with Gasteiger partial charge in [-0.3, -0.25) is 4.99 Å². The Labute approximate surface area is 349 Å². The Morgan fingerprint density at radius 1 is 0.550 bits per heavy atom. The van der Waals surface area contributed by atoms with E-state index in [1.807, 2.05) is 0 Å². The lowest BCUT2D eigenvalue weighted by molar-refractivity contribution is -0.138. The molecule has 5 rings (SSSR count). The van der Waals surface area contributed by atoms with Crippen molar-refractivity contribution in [2.45, 2.75) is 51.4 Å². The van der Waals surface area contributed by atoms with Gasteiger partial charge in [-0.25, -0.2) is 19.2 Å². The van der Waals surface area contributed by atoms with E-state index >= 15 is 0 Å². The first-order valence-electron chi connectivity index (χ1n) is 19.9. The van der Waals surface area contributed by atoms with Gasteiger partial charge >= 0.3 is 23.9 Å². The monoisotopic (exact) mass is 819 g/mol. The van der Waals surface area contributed by atoms with Crippen molar-refractivity contribution in [2.24, 2.45) is 4.99 Å². The molecule has 1 aliphatic heterocycles. The molecular formula is C47H49NO12. The Balaban J connectivity index is 1.17. The van der Waals surface area contributed by atoms with Crippen molar-refractivity contribution < 1.29 is 57.1 Å². The molecule has 0 fully saturated rings. The molecule has 0 bridgehead atoms. The normalized spacial score (nSPS) is 11.6. The molecule has 0 radical (unpaired) electrons. The van der Waals surface area contributed by atoms with Gasteiger partial charge in [-0.1, -0.05) is 13.2 Å². The number of esters is 4. The van der Waals surface area contributed by atoms with Crippen LogP contribution in [-0.2, 0) is 19.1 Å². The van der Waals surface area contributed by atoms with Crippen LogP contribution in [0.1, 0.15) is 77.6 Å². The van der Waals surface area contributed by atoms with Crippen LogP contribution in [0.15, 0.2) is 115 Å². The first kappa shape index (κ1) is 44.2. The van der Waals surface area contributed by atoms with E-state index in [9.17, 15) is 19.2 Å². The second-order valence-corrected chi connectivity index (χ2v) is 13.4. The number of aliphatic imine (C=N–C) groups is 1. The van der Waals surface area contributed by atoms with E-state index in [1.165, 1.54) is 18.3 Å². The van der Waals surface area contributed by atoms with Crippen LogP contribution in [0.5, 0.6) is 34.5 Å². The largest absolute Gasteiger partial charge is 0.494 e. The molecule has 0 atom stereocenters. The number of fused-ring (bicyclic) bond motifs is 1. The molecule has 314 valence electrons. The lowest BCUT2D eigenvalue weighted by Gasteiger charge is -2.18. The molecule has 4 aromatic carbocycles. The third kappa shape index (κ3) is 14.8. The number of unbranched alkanes of at least 4 members (excludes halogenated alkanes) is 6. The summed E-state index contributed by atoms with van der Waals surface area (Å²) in [6, 6.07) is 23.2. The number of rotatable bonds is 24. The molecule has 60 heavy (non-hydrogen) atoms. The standard InChI is InChI=1S/C47H49NO12/c1-3-44(49)57-27-11-7-5-9-25-53-37-16-13-34(14-17-37)46(51)60-40-22-23-41(35(31-40)33-48-36-15-24-42-43(32-36)56-30-29-55-42)47(52)59-39-20-18-38(19-21-39)54-26-10-6-8-12-28-58-45(50)4-2/h3-4,13-24,31-33H,1-2,5-12,25-30H2/b48-33+. The summed E-state index contributed by atoms with van der Waals surface area (Å²) >= 11 is 0. The first-order chi connectivity index (χ1) is 29.3. The van der Waals surface area contributed by atoms with Crippen LogP contribution in [0.2, 0.25) is 0 Å². The number of hydrogen-bond donors (Lipinski definition) is 0. The lowest BCUT2D eigenvalue weighted by atomic mass is 10.1. The highest BCUT2D eigenvalue weighted by molar-refractivity contribution is 6.01. The van der Waals surface area contributed by atoms with Gasteiger partial charge < -0.3 is 37.9 Å². The summed E-state index contributed by atoms with van der Waals surface area (Å²) in [5, 5.41) is 0. The fourth-order valence-electron chi connectivity index (χ4n) is 5.73. The van der Waals surface area contributed by atoms with Crippen LogP contribution in [0.25, 0.3) is 0 Å². The van der Waals surface area contributed by atoms with E-state index in [0.29, 0.717) is 85.2 Å². The van der Waals surface area contributed by atoms with Crippen LogP contribution >= 0.6 is 0 Å². The molecule has 1 heterocycles. The third-order valence-electron chi connectivity index (χ3n) is 8.89. The topological polar surface area (TPSA) is 154 Å². The average Bonchev–Trinajstić information content (AvgIpc) is 3.27. The van der Waals surface area contributed by atoms with Crippen LogP contribution in [0, 0.1) is 0 Å². The Kier molecular flexibility index (Phi) is 17.8. The first-order valence-corrected chi connectivity index (χ1v) is 19.9. The van der Waals surface area contributed by atoms with E-state index in [0.717, 1.165) is 63.5 Å². The van der Waals surface area contributed by atoms with Crippen LogP contribution in [-0.4, -0.2) is 69.7 Å². The fraction of sp³-hybridized carbons (Fsp3) is 0.298. The lowest BCUT2D eigenvalue weighted by Crippen LogP contribution is -2.14. The molecule has 0 aromatic heterocycles. The molecule has 13 heteroatoms. The summed E-state index contributed by atoms with van der Waals surface area (Å²) in [5.41, 5.74) is 1.40. The van der Waals surface area contributed by atoms with E-state index in [1.54, 1.807) is 72.8 Å². The van der Waals surface area contributed by atoms with Crippen LogP contribution < -0.4 is 28.4 Å². The number of ether oxygens (including phenoxy) is 8. The van der Waals surface area contributed by atoms with Gasteiger partial charge in [-0.05, 0) is 130 Å². The Morgan fingerprint density at radius 2 is 1.07 bits per heavy atom. The molecule has 0 spiro atoms. The maximum Gasteiger partial charge on any atom is 0.344 e. The predicted octanol–water partition coefficient (Wildman–Crippen LogP) is 8.98. The van der Waals surface area contributed by atoms with E-state index in [-0.39, 0.29) is 11.3 Å². The SMILES string of the molecule is C=CC(=O)OCCCCCCOc1ccc(OC(=O)c2ccc(OC(=O)c3ccc(OCCCCCCOC(=O)C=C)cc3)cc2/C=N/c2ccc3c(c2)OCCO3)cc1. The minimum atomic E-state index is -0.645. The summed E-state index contributed by atoms with van der Waals surface area (Å²) in [7, 11) is 0. The van der Waals surface area contributed by atoms with E-state index < -0.39 is 23.9 Å². The summed E-state index contributed by atoms with van der Waals surface area (Å²) in [4.78, 5) is 53.5. The maximum absolute atomic E-state index is 13.5. The second kappa shape index (κ2) is 24.1. The van der Waals surface area contributed by atoms with Crippen molar-refractivity contribution in [1.82, 2.24) is 0 Å². The van der Waals surface area contributed by atoms with Crippen molar-refractivity contribution in [2.75, 3.05) is 39.6 Å².